The summed E-state index contributed by atoms with van der Waals surface area (Å²) >= 11 is 0. The number of hydrogen-bond donors (Lipinski definition) is 1. The fourth-order valence-corrected chi connectivity index (χ4v) is 4.46. The molecular weight excluding hydrogens is 348 g/mol. The number of anilines is 1. The molecule has 1 aromatic heterocycles. The van der Waals surface area contributed by atoms with Gasteiger partial charge in [-0.3, -0.25) is 4.79 Å². The number of nitrogens with zero attached hydrogens (tertiary/aromatic N) is 3. The Hall–Kier alpha value is -2.71. The van der Waals surface area contributed by atoms with Crippen LogP contribution in [0.1, 0.15) is 61.9 Å². The molecule has 2 bridgehead atoms. The van der Waals surface area contributed by atoms with E-state index in [0.717, 1.165) is 16.9 Å². The molecule has 1 amide bonds. The lowest BCUT2D eigenvalue weighted by atomic mass is 9.77. The van der Waals surface area contributed by atoms with Gasteiger partial charge in [-0.2, -0.15) is 5.10 Å². The smallest absolute Gasteiger partial charge is 0.221 e. The van der Waals surface area contributed by atoms with Crippen LogP contribution in [0.4, 0.5) is 5.69 Å². The average molecular weight is 374 g/mol. The first kappa shape index (κ1) is 18.6. The highest BCUT2D eigenvalue weighted by molar-refractivity contribution is 5.88. The minimum absolute atomic E-state index is 0.0811. The van der Waals surface area contributed by atoms with Gasteiger partial charge >= 0.3 is 0 Å². The molecule has 2 unspecified atom stereocenters. The van der Waals surface area contributed by atoms with E-state index in [2.05, 4.69) is 45.4 Å². The number of carbonyl (C=O) groups excluding carboxylic acids is 1. The van der Waals surface area contributed by atoms with E-state index in [9.17, 15) is 4.79 Å². The lowest BCUT2D eigenvalue weighted by Crippen LogP contribution is -2.49. The maximum Gasteiger partial charge on any atom is 0.221 e. The summed E-state index contributed by atoms with van der Waals surface area (Å²) in [5, 5.41) is 11.6. The fraction of sp³-hybridized carbons (Fsp3) is 0.435. The summed E-state index contributed by atoms with van der Waals surface area (Å²) in [7, 11) is 2.28. The molecule has 2 aliphatic rings. The SMILES string of the molecule is CC(=O)Nc1ccc(C#Cc2ccc(C3CC4CCCC(C3)N4C)nn2)cc1. The molecule has 0 saturated carbocycles. The highest BCUT2D eigenvalue weighted by Crippen LogP contribution is 2.39. The first-order valence-corrected chi connectivity index (χ1v) is 10.0. The van der Waals surface area contributed by atoms with E-state index in [1.807, 2.05) is 30.3 Å². The molecule has 1 aromatic carbocycles. The van der Waals surface area contributed by atoms with E-state index in [1.165, 1.54) is 39.0 Å². The third-order valence-electron chi connectivity index (χ3n) is 5.98. The number of piperidine rings is 2. The summed E-state index contributed by atoms with van der Waals surface area (Å²) in [6.45, 7) is 1.49. The van der Waals surface area contributed by atoms with Crippen LogP contribution >= 0.6 is 0 Å². The molecule has 2 saturated heterocycles. The molecule has 0 spiro atoms. The predicted molar refractivity (Wildman–Crippen MR) is 110 cm³/mol. The van der Waals surface area contributed by atoms with E-state index < -0.39 is 0 Å². The lowest BCUT2D eigenvalue weighted by molar-refractivity contribution is -0.114. The van der Waals surface area contributed by atoms with Gasteiger partial charge in [-0.25, -0.2) is 0 Å². The normalized spacial score (nSPS) is 24.1. The highest BCUT2D eigenvalue weighted by atomic mass is 16.1. The number of aromatic nitrogens is 2. The van der Waals surface area contributed by atoms with Crippen LogP contribution in [-0.2, 0) is 4.79 Å². The zero-order chi connectivity index (χ0) is 19.5. The third-order valence-corrected chi connectivity index (χ3v) is 5.98. The van der Waals surface area contributed by atoms with Crippen LogP contribution in [0.15, 0.2) is 36.4 Å². The Bertz CT molecular complexity index is 881. The molecule has 4 rings (SSSR count). The van der Waals surface area contributed by atoms with Crippen molar-refractivity contribution >= 4 is 11.6 Å². The van der Waals surface area contributed by atoms with Crippen molar-refractivity contribution in [3.8, 4) is 11.8 Å². The Morgan fingerprint density at radius 3 is 2.36 bits per heavy atom. The van der Waals surface area contributed by atoms with Crippen LogP contribution in [0, 0.1) is 11.8 Å². The summed E-state index contributed by atoms with van der Waals surface area (Å²) in [5.41, 5.74) is 3.44. The Balaban J connectivity index is 1.42. The van der Waals surface area contributed by atoms with Crippen LogP contribution in [0.25, 0.3) is 0 Å². The lowest BCUT2D eigenvalue weighted by Gasteiger charge is -2.46. The van der Waals surface area contributed by atoms with Crippen LogP contribution < -0.4 is 5.32 Å². The van der Waals surface area contributed by atoms with Gasteiger partial charge in [-0.15, -0.1) is 5.10 Å². The van der Waals surface area contributed by atoms with Gasteiger partial charge in [0.2, 0.25) is 5.91 Å². The standard InChI is InChI=1S/C23H26N4O/c1-16(28)24-19-9-6-17(7-10-19)8-11-20-12-13-23(26-25-20)18-14-21-4-3-5-22(15-18)27(21)2/h6-7,9-10,12-13,18,21-22H,3-5,14-15H2,1-2H3,(H,24,28). The number of hydrogen-bond acceptors (Lipinski definition) is 4. The third kappa shape index (κ3) is 4.23. The number of fused-ring (bicyclic) bond motifs is 2. The molecule has 2 aliphatic heterocycles. The van der Waals surface area contributed by atoms with Crippen molar-refractivity contribution in [1.82, 2.24) is 15.1 Å². The van der Waals surface area contributed by atoms with Crippen molar-refractivity contribution in [2.24, 2.45) is 0 Å². The molecule has 0 radical (unpaired) electrons. The van der Waals surface area contributed by atoms with Gasteiger partial charge in [0.1, 0.15) is 5.69 Å². The molecule has 2 aromatic rings. The molecule has 28 heavy (non-hydrogen) atoms. The van der Waals surface area contributed by atoms with E-state index in [-0.39, 0.29) is 5.91 Å². The molecular formula is C23H26N4O. The van der Waals surface area contributed by atoms with Gasteiger partial charge in [0, 0.05) is 36.2 Å². The first-order chi connectivity index (χ1) is 13.6. The summed E-state index contributed by atoms with van der Waals surface area (Å²) in [6.07, 6.45) is 6.35. The monoisotopic (exact) mass is 374 g/mol. The number of benzene rings is 1. The van der Waals surface area contributed by atoms with Crippen molar-refractivity contribution in [3.05, 3.63) is 53.3 Å². The molecule has 2 atom stereocenters. The van der Waals surface area contributed by atoms with Crippen molar-refractivity contribution in [2.75, 3.05) is 12.4 Å². The zero-order valence-corrected chi connectivity index (χ0v) is 16.5. The van der Waals surface area contributed by atoms with Crippen molar-refractivity contribution in [3.63, 3.8) is 0 Å². The largest absolute Gasteiger partial charge is 0.326 e. The van der Waals surface area contributed by atoms with Gasteiger partial charge in [0.05, 0.1) is 5.69 Å². The number of carbonyl (C=O) groups is 1. The Morgan fingerprint density at radius 1 is 1.04 bits per heavy atom. The highest BCUT2D eigenvalue weighted by Gasteiger charge is 2.36. The van der Waals surface area contributed by atoms with Gasteiger partial charge < -0.3 is 10.2 Å². The Kier molecular flexibility index (Phi) is 5.40. The minimum atomic E-state index is -0.0811. The molecule has 144 valence electrons. The van der Waals surface area contributed by atoms with E-state index >= 15 is 0 Å². The van der Waals surface area contributed by atoms with Gasteiger partial charge in [-0.05, 0) is 75.0 Å². The maximum absolute atomic E-state index is 11.1. The summed E-state index contributed by atoms with van der Waals surface area (Å²) < 4.78 is 0. The maximum atomic E-state index is 11.1. The number of amides is 1. The van der Waals surface area contributed by atoms with Gasteiger partial charge in [0.25, 0.3) is 0 Å². The van der Waals surface area contributed by atoms with E-state index in [4.69, 9.17) is 0 Å². The molecule has 2 fully saturated rings. The molecule has 5 heteroatoms. The molecule has 3 heterocycles. The molecule has 5 nitrogen and oxygen atoms in total. The first-order valence-electron chi connectivity index (χ1n) is 10.0. The van der Waals surface area contributed by atoms with Gasteiger partial charge in [0.15, 0.2) is 0 Å². The van der Waals surface area contributed by atoms with Gasteiger partial charge in [-0.1, -0.05) is 12.3 Å². The number of rotatable bonds is 2. The topological polar surface area (TPSA) is 58.1 Å². The zero-order valence-electron chi connectivity index (χ0n) is 16.5. The number of nitrogens with one attached hydrogen (secondary N) is 1. The quantitative estimate of drug-likeness (QED) is 0.817. The summed E-state index contributed by atoms with van der Waals surface area (Å²) in [4.78, 5) is 13.6. The van der Waals surface area contributed by atoms with Crippen molar-refractivity contribution < 1.29 is 4.79 Å². The van der Waals surface area contributed by atoms with Crippen LogP contribution in [0.3, 0.4) is 0 Å². The second-order valence-corrected chi connectivity index (χ2v) is 7.92. The van der Waals surface area contributed by atoms with Crippen LogP contribution in [-0.4, -0.2) is 40.1 Å². The molecule has 1 N–H and O–H groups in total. The Labute approximate surface area is 166 Å². The Morgan fingerprint density at radius 2 is 1.75 bits per heavy atom. The minimum Gasteiger partial charge on any atom is -0.326 e. The molecule has 0 aliphatic carbocycles. The van der Waals surface area contributed by atoms with E-state index in [0.29, 0.717) is 23.7 Å². The predicted octanol–water partition coefficient (Wildman–Crippen LogP) is 3.57. The fourth-order valence-electron chi connectivity index (χ4n) is 4.46. The second kappa shape index (κ2) is 8.12. The summed E-state index contributed by atoms with van der Waals surface area (Å²) in [6, 6.07) is 12.9. The van der Waals surface area contributed by atoms with Crippen LogP contribution in [0.2, 0.25) is 0 Å². The average Bonchev–Trinajstić information content (AvgIpc) is 2.67. The van der Waals surface area contributed by atoms with E-state index in [1.54, 1.807) is 0 Å². The van der Waals surface area contributed by atoms with Crippen molar-refractivity contribution in [2.45, 2.75) is 57.0 Å². The van der Waals surface area contributed by atoms with Crippen molar-refractivity contribution in [1.29, 1.82) is 0 Å². The van der Waals surface area contributed by atoms with Crippen LogP contribution in [0.5, 0.6) is 0 Å². The second-order valence-electron chi connectivity index (χ2n) is 7.92. The summed E-state index contributed by atoms with van der Waals surface area (Å²) in [5.74, 6) is 6.62.